The van der Waals surface area contributed by atoms with Crippen LogP contribution in [0.2, 0.25) is 0 Å². The molecule has 0 aromatic heterocycles. The van der Waals surface area contributed by atoms with Crippen LogP contribution in [0.1, 0.15) is 83.8 Å². The summed E-state index contributed by atoms with van der Waals surface area (Å²) in [6, 6.07) is 9.17. The molecule has 0 spiro atoms. The summed E-state index contributed by atoms with van der Waals surface area (Å²) in [5.41, 5.74) is -2.79. The Morgan fingerprint density at radius 2 is 1.21 bits per heavy atom. The van der Waals surface area contributed by atoms with Crippen molar-refractivity contribution < 1.29 is 48.2 Å². The highest BCUT2D eigenvalue weighted by Crippen LogP contribution is 2.21. The number of nitrogens with zero attached hydrogens (tertiary/aromatic N) is 4. The molecule has 15 heteroatoms. The SMILES string of the molecule is CN(C(=O)c1ccc(C(=NC(=O)OC(C)(C)C)N(C(=O)OC(C)(C)C)C(=O)OC(C)(C)C)cc1)[C@@H](Cc1ccc([N+](=O)[O-])cc1)C(=O)O. The first-order chi connectivity index (χ1) is 21.9. The quantitative estimate of drug-likeness (QED) is 0.115. The van der Waals surface area contributed by atoms with E-state index in [1.54, 1.807) is 62.3 Å². The first-order valence-electron chi connectivity index (χ1n) is 14.8. The Morgan fingerprint density at radius 1 is 0.771 bits per heavy atom. The molecule has 0 saturated carbocycles. The number of aliphatic carboxylic acids is 1. The van der Waals surface area contributed by atoms with Gasteiger partial charge in [-0.15, -0.1) is 0 Å². The minimum atomic E-state index is -1.34. The number of aliphatic imine (C=N–C) groups is 1. The van der Waals surface area contributed by atoms with E-state index in [2.05, 4.69) is 4.99 Å². The molecule has 0 fully saturated rings. The third-order valence-electron chi connectivity index (χ3n) is 5.99. The van der Waals surface area contributed by atoms with Gasteiger partial charge in [-0.2, -0.15) is 9.89 Å². The molecule has 0 saturated heterocycles. The van der Waals surface area contributed by atoms with Gasteiger partial charge in [-0.1, -0.05) is 24.3 Å². The molecule has 260 valence electrons. The molecule has 0 aliphatic heterocycles. The fraction of sp³-hybridized carbons (Fsp3) is 0.455. The molecule has 15 nitrogen and oxygen atoms in total. The summed E-state index contributed by atoms with van der Waals surface area (Å²) in [5, 5.41) is 20.9. The van der Waals surface area contributed by atoms with Gasteiger partial charge in [0.2, 0.25) is 0 Å². The molecule has 0 unspecified atom stereocenters. The molecule has 0 aliphatic rings. The molecular weight excluding hydrogens is 628 g/mol. The van der Waals surface area contributed by atoms with Gasteiger partial charge >= 0.3 is 24.2 Å². The Hall–Kier alpha value is -5.34. The van der Waals surface area contributed by atoms with Gasteiger partial charge in [0.25, 0.3) is 11.6 Å². The number of likely N-dealkylation sites (N-methyl/N-ethyl adjacent to an activating group) is 1. The number of carbonyl (C=O) groups is 5. The fourth-order valence-corrected chi connectivity index (χ4v) is 3.95. The number of benzene rings is 2. The van der Waals surface area contributed by atoms with Crippen molar-refractivity contribution in [2.24, 2.45) is 4.99 Å². The van der Waals surface area contributed by atoms with E-state index in [0.717, 1.165) is 4.90 Å². The van der Waals surface area contributed by atoms with Gasteiger partial charge < -0.3 is 24.2 Å². The zero-order chi connectivity index (χ0) is 36.8. The third kappa shape index (κ3) is 11.8. The van der Waals surface area contributed by atoms with Crippen LogP contribution in [0.5, 0.6) is 0 Å². The number of nitro benzene ring substituents is 1. The Morgan fingerprint density at radius 3 is 1.60 bits per heavy atom. The molecule has 2 rings (SSSR count). The number of carboxylic acid groups (broad SMARTS) is 1. The number of amides is 4. The number of amidine groups is 1. The Bertz CT molecular complexity index is 1530. The molecule has 0 bridgehead atoms. The van der Waals surface area contributed by atoms with Crippen molar-refractivity contribution in [2.75, 3.05) is 7.05 Å². The lowest BCUT2D eigenvalue weighted by Gasteiger charge is -2.29. The first-order valence-corrected chi connectivity index (χ1v) is 14.8. The monoisotopic (exact) mass is 670 g/mol. The van der Waals surface area contributed by atoms with Gasteiger partial charge in [-0.3, -0.25) is 14.9 Å². The highest BCUT2D eigenvalue weighted by molar-refractivity contribution is 6.18. The highest BCUT2D eigenvalue weighted by atomic mass is 16.6. The lowest BCUT2D eigenvalue weighted by molar-refractivity contribution is -0.384. The average molecular weight is 671 g/mol. The minimum Gasteiger partial charge on any atom is -0.480 e. The molecule has 0 radical (unpaired) electrons. The van der Waals surface area contributed by atoms with E-state index in [1.807, 2.05) is 0 Å². The average Bonchev–Trinajstić information content (AvgIpc) is 2.92. The standard InChI is InChI=1S/C33H42N4O11/c1-31(2,3)46-28(41)34-25(36(29(42)47-32(4,5)6)30(43)48-33(7,8)9)21-13-15-22(16-14-21)26(38)35(10)24(27(39)40)19-20-11-17-23(18-12-20)37(44)45/h11-18,24H,19H2,1-10H3,(H,39,40)/t24-/m0/s1. The Kier molecular flexibility index (Phi) is 12.2. The van der Waals surface area contributed by atoms with Crippen LogP contribution in [-0.2, 0) is 25.4 Å². The molecule has 2 aromatic rings. The van der Waals surface area contributed by atoms with Crippen molar-refractivity contribution in [3.05, 3.63) is 75.3 Å². The van der Waals surface area contributed by atoms with Crippen molar-refractivity contribution in [1.82, 2.24) is 9.80 Å². The van der Waals surface area contributed by atoms with Crippen LogP contribution in [-0.4, -0.2) is 85.7 Å². The van der Waals surface area contributed by atoms with E-state index in [1.165, 1.54) is 55.6 Å². The smallest absolute Gasteiger partial charge is 0.436 e. The van der Waals surface area contributed by atoms with Crippen LogP contribution in [0.3, 0.4) is 0 Å². The van der Waals surface area contributed by atoms with Crippen molar-refractivity contribution in [3.63, 3.8) is 0 Å². The fourth-order valence-electron chi connectivity index (χ4n) is 3.95. The van der Waals surface area contributed by atoms with Crippen LogP contribution in [0, 0.1) is 10.1 Å². The van der Waals surface area contributed by atoms with Crippen molar-refractivity contribution >= 4 is 41.7 Å². The normalized spacial score (nSPS) is 12.8. The highest BCUT2D eigenvalue weighted by Gasteiger charge is 2.37. The van der Waals surface area contributed by atoms with Crippen LogP contribution in [0.15, 0.2) is 53.5 Å². The zero-order valence-electron chi connectivity index (χ0n) is 28.7. The van der Waals surface area contributed by atoms with Gasteiger partial charge in [0.15, 0.2) is 5.84 Å². The lowest BCUT2D eigenvalue weighted by Crippen LogP contribution is -2.47. The number of carbonyl (C=O) groups excluding carboxylic acids is 4. The lowest BCUT2D eigenvalue weighted by atomic mass is 10.0. The van der Waals surface area contributed by atoms with E-state index in [0.29, 0.717) is 10.5 Å². The summed E-state index contributed by atoms with van der Waals surface area (Å²) in [6.07, 6.45) is -3.67. The van der Waals surface area contributed by atoms with E-state index in [-0.39, 0.29) is 23.2 Å². The number of non-ortho nitro benzene ring substituents is 1. The largest absolute Gasteiger partial charge is 0.480 e. The second-order valence-electron chi connectivity index (χ2n) is 13.7. The second kappa shape index (κ2) is 15.0. The summed E-state index contributed by atoms with van der Waals surface area (Å²) in [5.74, 6) is -2.52. The molecule has 4 amide bonds. The minimum absolute atomic E-state index is 0.0115. The van der Waals surface area contributed by atoms with Crippen LogP contribution >= 0.6 is 0 Å². The Balaban J connectivity index is 2.56. The van der Waals surface area contributed by atoms with Crippen molar-refractivity contribution in [1.29, 1.82) is 0 Å². The predicted octanol–water partition coefficient (Wildman–Crippen LogP) is 6.22. The molecular formula is C33H42N4O11. The van der Waals surface area contributed by atoms with Crippen LogP contribution in [0.4, 0.5) is 20.1 Å². The number of hydrogen-bond donors (Lipinski definition) is 1. The number of imide groups is 1. The summed E-state index contributed by atoms with van der Waals surface area (Å²) < 4.78 is 16.2. The summed E-state index contributed by atoms with van der Waals surface area (Å²) >= 11 is 0. The van der Waals surface area contributed by atoms with Crippen LogP contribution < -0.4 is 0 Å². The maximum Gasteiger partial charge on any atom is 0.436 e. The number of hydrogen-bond acceptors (Lipinski definition) is 10. The molecule has 48 heavy (non-hydrogen) atoms. The molecule has 0 heterocycles. The zero-order valence-corrected chi connectivity index (χ0v) is 28.7. The molecule has 0 aliphatic carbocycles. The number of rotatable bonds is 7. The summed E-state index contributed by atoms with van der Waals surface area (Å²) in [7, 11) is 1.29. The van der Waals surface area contributed by atoms with E-state index in [4.69, 9.17) is 14.2 Å². The van der Waals surface area contributed by atoms with Gasteiger partial charge in [0.1, 0.15) is 22.8 Å². The van der Waals surface area contributed by atoms with Gasteiger partial charge in [-0.25, -0.2) is 19.2 Å². The number of carboxylic acids is 1. The topological polar surface area (TPSA) is 195 Å². The van der Waals surface area contributed by atoms with E-state index < -0.39 is 63.8 Å². The molecule has 2 aromatic carbocycles. The first kappa shape index (κ1) is 38.8. The number of ether oxygens (including phenoxy) is 3. The predicted molar refractivity (Wildman–Crippen MR) is 174 cm³/mol. The molecule has 1 N–H and O–H groups in total. The second-order valence-corrected chi connectivity index (χ2v) is 13.7. The van der Waals surface area contributed by atoms with Gasteiger partial charge in [0.05, 0.1) is 4.92 Å². The molecule has 1 atom stereocenters. The summed E-state index contributed by atoms with van der Waals surface area (Å²) in [6.45, 7) is 14.3. The van der Waals surface area contributed by atoms with Gasteiger partial charge in [-0.05, 0) is 80.0 Å². The number of nitro groups is 1. The Labute approximate surface area is 278 Å². The maximum atomic E-state index is 13.4. The third-order valence-corrected chi connectivity index (χ3v) is 5.99. The summed E-state index contributed by atoms with van der Waals surface area (Å²) in [4.78, 5) is 81.0. The van der Waals surface area contributed by atoms with Crippen molar-refractivity contribution in [3.8, 4) is 0 Å². The van der Waals surface area contributed by atoms with Gasteiger partial charge in [0, 0.05) is 36.7 Å². The van der Waals surface area contributed by atoms with E-state index >= 15 is 0 Å². The van der Waals surface area contributed by atoms with E-state index in [9.17, 15) is 39.2 Å². The maximum absolute atomic E-state index is 13.4. The van der Waals surface area contributed by atoms with Crippen LogP contribution in [0.25, 0.3) is 0 Å². The van der Waals surface area contributed by atoms with Crippen molar-refractivity contribution in [2.45, 2.75) is 91.6 Å².